The van der Waals surface area contributed by atoms with E-state index in [4.69, 9.17) is 0 Å². The summed E-state index contributed by atoms with van der Waals surface area (Å²) >= 11 is 0. The Bertz CT molecular complexity index is 332. The van der Waals surface area contributed by atoms with E-state index in [-0.39, 0.29) is 6.10 Å². The smallest absolute Gasteiger partial charge is 0.0758 e. The van der Waals surface area contributed by atoms with E-state index in [9.17, 15) is 5.11 Å². The summed E-state index contributed by atoms with van der Waals surface area (Å²) in [6.45, 7) is 4.07. The van der Waals surface area contributed by atoms with Crippen LogP contribution >= 0.6 is 0 Å². The summed E-state index contributed by atoms with van der Waals surface area (Å²) in [6.07, 6.45) is 6.12. The molecule has 80 valence electrons. The highest BCUT2D eigenvalue weighted by atomic mass is 16.3. The molecule has 0 aliphatic carbocycles. The first-order valence-corrected chi connectivity index (χ1v) is 5.23. The maximum absolute atomic E-state index is 9.63. The molecule has 1 heteroatoms. The van der Waals surface area contributed by atoms with Gasteiger partial charge >= 0.3 is 0 Å². The van der Waals surface area contributed by atoms with E-state index in [0.717, 1.165) is 5.56 Å². The Kier molecular flexibility index (Phi) is 4.85. The molecule has 1 aromatic rings. The Labute approximate surface area is 91.8 Å². The van der Waals surface area contributed by atoms with E-state index in [1.165, 1.54) is 5.57 Å². The molecule has 1 N–H and O–H groups in total. The molecule has 1 rings (SSSR count). The van der Waals surface area contributed by atoms with Crippen molar-refractivity contribution in [2.45, 2.75) is 26.4 Å². The lowest BCUT2D eigenvalue weighted by atomic mass is 10.1. The normalized spacial score (nSPS) is 12.7. The molecule has 1 atom stereocenters. The van der Waals surface area contributed by atoms with Gasteiger partial charge in [-0.3, -0.25) is 0 Å². The van der Waals surface area contributed by atoms with E-state index in [1.54, 1.807) is 0 Å². The number of rotatable bonds is 4. The van der Waals surface area contributed by atoms with Gasteiger partial charge < -0.3 is 5.11 Å². The predicted octanol–water partition coefficient (Wildman–Crippen LogP) is 3.42. The number of allylic oxidation sites excluding steroid dienone is 1. The van der Waals surface area contributed by atoms with Crippen LogP contribution in [0.5, 0.6) is 0 Å². The second-order valence-corrected chi connectivity index (χ2v) is 3.85. The average Bonchev–Trinajstić information content (AvgIpc) is 2.25. The third-order valence-corrected chi connectivity index (χ3v) is 2.08. The highest BCUT2D eigenvalue weighted by molar-refractivity contribution is 5.49. The van der Waals surface area contributed by atoms with Crippen LogP contribution in [0.3, 0.4) is 0 Å². The van der Waals surface area contributed by atoms with E-state index in [1.807, 2.05) is 62.4 Å². The molecule has 0 spiro atoms. The SMILES string of the molecule is CC(C)=CC[C@H](O)/C=C/c1ccccc1. The van der Waals surface area contributed by atoms with Crippen LogP contribution in [0.4, 0.5) is 0 Å². The van der Waals surface area contributed by atoms with E-state index >= 15 is 0 Å². The van der Waals surface area contributed by atoms with Crippen molar-refractivity contribution in [3.05, 3.63) is 53.6 Å². The monoisotopic (exact) mass is 202 g/mol. The fraction of sp³-hybridized carbons (Fsp3) is 0.286. The van der Waals surface area contributed by atoms with Crippen molar-refractivity contribution in [3.63, 3.8) is 0 Å². The Balaban J connectivity index is 2.48. The molecule has 0 saturated heterocycles. The summed E-state index contributed by atoms with van der Waals surface area (Å²) in [6, 6.07) is 10.00. The minimum Gasteiger partial charge on any atom is -0.389 e. The average molecular weight is 202 g/mol. The molecule has 0 aromatic heterocycles. The third-order valence-electron chi connectivity index (χ3n) is 2.08. The molecule has 0 saturated carbocycles. The number of aliphatic hydroxyl groups excluding tert-OH is 1. The second-order valence-electron chi connectivity index (χ2n) is 3.85. The molecule has 1 nitrogen and oxygen atoms in total. The van der Waals surface area contributed by atoms with Crippen LogP contribution in [0.15, 0.2) is 48.1 Å². The van der Waals surface area contributed by atoms with Crippen molar-refractivity contribution in [2.24, 2.45) is 0 Å². The molecular formula is C14H18O. The highest BCUT2D eigenvalue weighted by Crippen LogP contribution is 2.05. The molecule has 0 aliphatic heterocycles. The lowest BCUT2D eigenvalue weighted by Crippen LogP contribution is -1.99. The molecule has 0 amide bonds. The van der Waals surface area contributed by atoms with Gasteiger partial charge in [0.1, 0.15) is 0 Å². The van der Waals surface area contributed by atoms with Gasteiger partial charge in [0.05, 0.1) is 6.10 Å². The van der Waals surface area contributed by atoms with Gasteiger partial charge in [-0.15, -0.1) is 0 Å². The summed E-state index contributed by atoms with van der Waals surface area (Å²) < 4.78 is 0. The van der Waals surface area contributed by atoms with Crippen LogP contribution in [0, 0.1) is 0 Å². The maximum Gasteiger partial charge on any atom is 0.0758 e. The van der Waals surface area contributed by atoms with Crippen LogP contribution in [-0.2, 0) is 0 Å². The number of aliphatic hydroxyl groups is 1. The minimum atomic E-state index is -0.389. The molecule has 0 unspecified atom stereocenters. The molecule has 0 aliphatic rings. The van der Waals surface area contributed by atoms with Crippen LogP contribution in [0.25, 0.3) is 6.08 Å². The zero-order valence-electron chi connectivity index (χ0n) is 9.35. The molecule has 0 fully saturated rings. The van der Waals surface area contributed by atoms with Crippen LogP contribution < -0.4 is 0 Å². The standard InChI is InChI=1S/C14H18O/c1-12(2)8-10-14(15)11-9-13-6-4-3-5-7-13/h3-9,11,14-15H,10H2,1-2H3/b11-9+/t14-/m0/s1. The van der Waals surface area contributed by atoms with Crippen molar-refractivity contribution in [2.75, 3.05) is 0 Å². The maximum atomic E-state index is 9.63. The predicted molar refractivity (Wildman–Crippen MR) is 65.5 cm³/mol. The number of hydrogen-bond donors (Lipinski definition) is 1. The molecule has 0 bridgehead atoms. The van der Waals surface area contributed by atoms with Gasteiger partial charge in [0.2, 0.25) is 0 Å². The fourth-order valence-corrected chi connectivity index (χ4v) is 1.22. The Morgan fingerprint density at radius 3 is 2.53 bits per heavy atom. The number of hydrogen-bond acceptors (Lipinski definition) is 1. The summed E-state index contributed by atoms with van der Waals surface area (Å²) in [7, 11) is 0. The lowest BCUT2D eigenvalue weighted by molar-refractivity contribution is 0.227. The second kappa shape index (κ2) is 6.20. The Morgan fingerprint density at radius 2 is 1.93 bits per heavy atom. The van der Waals surface area contributed by atoms with Crippen molar-refractivity contribution >= 4 is 6.08 Å². The van der Waals surface area contributed by atoms with Gasteiger partial charge in [0.25, 0.3) is 0 Å². The highest BCUT2D eigenvalue weighted by Gasteiger charge is 1.95. The minimum absolute atomic E-state index is 0.389. The van der Waals surface area contributed by atoms with Crippen molar-refractivity contribution in [1.29, 1.82) is 0 Å². The van der Waals surface area contributed by atoms with Gasteiger partial charge in [0.15, 0.2) is 0 Å². The zero-order chi connectivity index (χ0) is 11.1. The van der Waals surface area contributed by atoms with Gasteiger partial charge in [-0.05, 0) is 25.8 Å². The van der Waals surface area contributed by atoms with Gasteiger partial charge in [-0.1, -0.05) is 54.1 Å². The summed E-state index contributed by atoms with van der Waals surface area (Å²) in [5, 5.41) is 9.63. The van der Waals surface area contributed by atoms with E-state index < -0.39 is 0 Å². The lowest BCUT2D eigenvalue weighted by Gasteiger charge is -2.01. The summed E-state index contributed by atoms with van der Waals surface area (Å²) in [5.74, 6) is 0. The summed E-state index contributed by atoms with van der Waals surface area (Å²) in [5.41, 5.74) is 2.36. The first-order valence-electron chi connectivity index (χ1n) is 5.23. The van der Waals surface area contributed by atoms with Crippen LogP contribution in [0.1, 0.15) is 25.8 Å². The van der Waals surface area contributed by atoms with Crippen LogP contribution in [-0.4, -0.2) is 11.2 Å². The third kappa shape index (κ3) is 5.18. The first-order chi connectivity index (χ1) is 7.18. The summed E-state index contributed by atoms with van der Waals surface area (Å²) in [4.78, 5) is 0. The largest absolute Gasteiger partial charge is 0.389 e. The van der Waals surface area contributed by atoms with Gasteiger partial charge in [0, 0.05) is 0 Å². The molecule has 15 heavy (non-hydrogen) atoms. The van der Waals surface area contributed by atoms with Crippen molar-refractivity contribution in [1.82, 2.24) is 0 Å². The van der Waals surface area contributed by atoms with Crippen molar-refractivity contribution < 1.29 is 5.11 Å². The Morgan fingerprint density at radius 1 is 1.27 bits per heavy atom. The Hall–Kier alpha value is -1.34. The van der Waals surface area contributed by atoms with E-state index in [2.05, 4.69) is 0 Å². The van der Waals surface area contributed by atoms with Gasteiger partial charge in [-0.25, -0.2) is 0 Å². The molecular weight excluding hydrogens is 184 g/mol. The van der Waals surface area contributed by atoms with Gasteiger partial charge in [-0.2, -0.15) is 0 Å². The van der Waals surface area contributed by atoms with Crippen LogP contribution in [0.2, 0.25) is 0 Å². The van der Waals surface area contributed by atoms with Crippen molar-refractivity contribution in [3.8, 4) is 0 Å². The van der Waals surface area contributed by atoms with E-state index in [0.29, 0.717) is 6.42 Å². The quantitative estimate of drug-likeness (QED) is 0.742. The molecule has 0 radical (unpaired) electrons. The zero-order valence-corrected chi connectivity index (χ0v) is 9.35. The topological polar surface area (TPSA) is 20.2 Å². The first kappa shape index (κ1) is 11.7. The molecule has 1 aromatic carbocycles. The fourth-order valence-electron chi connectivity index (χ4n) is 1.22. The number of benzene rings is 1. The molecule has 0 heterocycles.